The highest BCUT2D eigenvalue weighted by atomic mass is 32.2. The van der Waals surface area contributed by atoms with Gasteiger partial charge in [0.05, 0.1) is 23.5 Å². The maximum atomic E-state index is 13.2. The number of carbonyl (C=O) groups excluding carboxylic acids is 2. The van der Waals surface area contributed by atoms with Gasteiger partial charge in [-0.05, 0) is 24.3 Å². The first-order chi connectivity index (χ1) is 14.7. The second-order valence-corrected chi connectivity index (χ2v) is 8.88. The molecule has 9 nitrogen and oxygen atoms in total. The van der Waals surface area contributed by atoms with Crippen LogP contribution in [0.3, 0.4) is 0 Å². The van der Waals surface area contributed by atoms with Crippen LogP contribution in [0.25, 0.3) is 10.8 Å². The number of alkyl halides is 2. The van der Waals surface area contributed by atoms with Crippen LogP contribution in [0.5, 0.6) is 5.88 Å². The molecular formula is C19H18F2N4O5S. The molecule has 164 valence electrons. The predicted octanol–water partition coefficient (Wildman–Crippen LogP) is 0.722. The van der Waals surface area contributed by atoms with Crippen LogP contribution in [0.4, 0.5) is 8.78 Å². The minimum Gasteiger partial charge on any atom is -0.416 e. The number of carbonyl (C=O) groups is 2. The second kappa shape index (κ2) is 7.85. The molecule has 2 aliphatic rings. The van der Waals surface area contributed by atoms with Crippen LogP contribution in [0.1, 0.15) is 0 Å². The molecule has 2 atom stereocenters. The summed E-state index contributed by atoms with van der Waals surface area (Å²) in [5, 5.41) is 2.77. The van der Waals surface area contributed by atoms with Crippen molar-refractivity contribution in [1.82, 2.24) is 19.5 Å². The van der Waals surface area contributed by atoms with Gasteiger partial charge in [-0.15, -0.1) is 0 Å². The highest BCUT2D eigenvalue weighted by Crippen LogP contribution is 2.40. The molecule has 0 spiro atoms. The first-order valence-corrected chi connectivity index (χ1v) is 10.7. The zero-order valence-electron chi connectivity index (χ0n) is 16.1. The standard InChI is InChI=1S/C19H18F2N4O5S/c1-2-16(26)23-8-17(27)24-9-14-13(24)10-25(14)31(28,29)15-5-3-4-12-11(15)6-7-22-18(12)30-19(20)21/h2-7,13-14,19H,1,8-10H2,(H,23,26)/t13?,14-/m0/s1. The average molecular weight is 452 g/mol. The molecule has 2 saturated heterocycles. The van der Waals surface area contributed by atoms with Gasteiger partial charge >= 0.3 is 6.61 Å². The maximum absolute atomic E-state index is 13.2. The third-order valence-electron chi connectivity index (χ3n) is 5.40. The number of sulfonamides is 1. The molecule has 31 heavy (non-hydrogen) atoms. The van der Waals surface area contributed by atoms with Crippen molar-refractivity contribution >= 4 is 32.6 Å². The van der Waals surface area contributed by atoms with E-state index in [-0.39, 0.29) is 59.2 Å². The predicted molar refractivity (Wildman–Crippen MR) is 105 cm³/mol. The first-order valence-electron chi connectivity index (χ1n) is 9.28. The molecule has 1 aromatic heterocycles. The summed E-state index contributed by atoms with van der Waals surface area (Å²) in [6.07, 6.45) is 2.26. The molecule has 2 aliphatic heterocycles. The zero-order valence-corrected chi connectivity index (χ0v) is 16.9. The lowest BCUT2D eigenvalue weighted by Gasteiger charge is -2.60. The number of nitrogens with one attached hydrogen (secondary N) is 1. The quantitative estimate of drug-likeness (QED) is 0.621. The van der Waals surface area contributed by atoms with Crippen LogP contribution in [0, 0.1) is 0 Å². The topological polar surface area (TPSA) is 109 Å². The Hall–Kier alpha value is -3.12. The summed E-state index contributed by atoms with van der Waals surface area (Å²) in [5.74, 6) is -1.13. The first kappa shape index (κ1) is 21.1. The smallest absolute Gasteiger partial charge is 0.388 e. The van der Waals surface area contributed by atoms with Crippen molar-refractivity contribution in [3.8, 4) is 5.88 Å². The molecule has 1 unspecified atom stereocenters. The fourth-order valence-electron chi connectivity index (χ4n) is 3.79. The van der Waals surface area contributed by atoms with Crippen molar-refractivity contribution in [2.45, 2.75) is 23.6 Å². The van der Waals surface area contributed by atoms with E-state index in [1.165, 1.54) is 39.7 Å². The number of halogens is 2. The zero-order chi connectivity index (χ0) is 22.3. The van der Waals surface area contributed by atoms with Crippen LogP contribution >= 0.6 is 0 Å². The molecule has 0 aliphatic carbocycles. The molecule has 2 amide bonds. The third-order valence-corrected chi connectivity index (χ3v) is 7.35. The lowest BCUT2D eigenvalue weighted by molar-refractivity contribution is -0.154. The van der Waals surface area contributed by atoms with Crippen molar-refractivity contribution in [2.24, 2.45) is 0 Å². The normalized spacial score (nSPS) is 20.5. The van der Waals surface area contributed by atoms with E-state index in [1.807, 2.05) is 0 Å². The Labute approximate surface area is 176 Å². The van der Waals surface area contributed by atoms with Gasteiger partial charge in [0.15, 0.2) is 0 Å². The van der Waals surface area contributed by atoms with Crippen LogP contribution in [0.15, 0.2) is 48.0 Å². The van der Waals surface area contributed by atoms with Crippen LogP contribution in [-0.4, -0.2) is 72.8 Å². The van der Waals surface area contributed by atoms with E-state index >= 15 is 0 Å². The van der Waals surface area contributed by atoms with E-state index in [0.717, 1.165) is 6.08 Å². The van der Waals surface area contributed by atoms with Gasteiger partial charge in [0.2, 0.25) is 27.7 Å². The van der Waals surface area contributed by atoms with Gasteiger partial charge in [0, 0.05) is 30.1 Å². The SMILES string of the molecule is C=CC(=O)NCC(=O)N1C[C@H]2C1CN2S(=O)(=O)c1cccc2c(OC(F)F)nccc12. The van der Waals surface area contributed by atoms with E-state index in [4.69, 9.17) is 0 Å². The van der Waals surface area contributed by atoms with E-state index in [9.17, 15) is 26.8 Å². The Bertz CT molecular complexity index is 1170. The van der Waals surface area contributed by atoms with Gasteiger partial charge < -0.3 is 15.0 Å². The Kier molecular flexibility index (Phi) is 5.35. The summed E-state index contributed by atoms with van der Waals surface area (Å²) in [5.41, 5.74) is 0. The maximum Gasteiger partial charge on any atom is 0.388 e. The lowest BCUT2D eigenvalue weighted by atomic mass is 9.88. The molecule has 0 bridgehead atoms. The lowest BCUT2D eigenvalue weighted by Crippen LogP contribution is -2.80. The summed E-state index contributed by atoms with van der Waals surface area (Å²) < 4.78 is 57.4. The van der Waals surface area contributed by atoms with Crippen LogP contribution in [0.2, 0.25) is 0 Å². The Balaban J connectivity index is 1.51. The number of amides is 2. The fraction of sp³-hybridized carbons (Fsp3) is 0.316. The summed E-state index contributed by atoms with van der Waals surface area (Å²) in [6, 6.07) is 5.07. The van der Waals surface area contributed by atoms with Gasteiger partial charge in [-0.2, -0.15) is 13.1 Å². The van der Waals surface area contributed by atoms with Crippen LogP contribution < -0.4 is 10.1 Å². The molecular weight excluding hydrogens is 434 g/mol. The van der Waals surface area contributed by atoms with Gasteiger partial charge in [-0.3, -0.25) is 9.59 Å². The van der Waals surface area contributed by atoms with Crippen molar-refractivity contribution < 1.29 is 31.5 Å². The highest BCUT2D eigenvalue weighted by Gasteiger charge is 2.57. The third kappa shape index (κ3) is 3.61. The number of likely N-dealkylation sites (tertiary alicyclic amines) is 1. The van der Waals surface area contributed by atoms with E-state index in [0.29, 0.717) is 0 Å². The van der Waals surface area contributed by atoms with Crippen molar-refractivity contribution in [2.75, 3.05) is 19.6 Å². The molecule has 0 radical (unpaired) electrons. The molecule has 12 heteroatoms. The Morgan fingerprint density at radius 3 is 2.68 bits per heavy atom. The average Bonchev–Trinajstić information content (AvgIpc) is 2.72. The molecule has 3 heterocycles. The number of nitrogens with zero attached hydrogens (tertiary/aromatic N) is 3. The summed E-state index contributed by atoms with van der Waals surface area (Å²) in [4.78, 5) is 28.6. The number of rotatable bonds is 7. The molecule has 4 rings (SSSR count). The van der Waals surface area contributed by atoms with Crippen LogP contribution in [-0.2, 0) is 19.6 Å². The minimum absolute atomic E-state index is 0.0482. The highest BCUT2D eigenvalue weighted by molar-refractivity contribution is 7.89. The van der Waals surface area contributed by atoms with Gasteiger partial charge in [-0.25, -0.2) is 13.4 Å². The molecule has 1 N–H and O–H groups in total. The summed E-state index contributed by atoms with van der Waals surface area (Å²) in [6.45, 7) is 0.334. The van der Waals surface area contributed by atoms with E-state index < -0.39 is 22.5 Å². The van der Waals surface area contributed by atoms with Gasteiger partial charge in [0.25, 0.3) is 0 Å². The second-order valence-electron chi connectivity index (χ2n) is 7.02. The number of fused-ring (bicyclic) bond motifs is 2. The molecule has 0 saturated carbocycles. The Morgan fingerprint density at radius 2 is 2.03 bits per heavy atom. The number of aromatic nitrogens is 1. The van der Waals surface area contributed by atoms with Crippen molar-refractivity contribution in [1.29, 1.82) is 0 Å². The summed E-state index contributed by atoms with van der Waals surface area (Å²) in [7, 11) is -3.94. The van der Waals surface area contributed by atoms with E-state index in [1.54, 1.807) is 0 Å². The van der Waals surface area contributed by atoms with Crippen molar-refractivity contribution in [3.63, 3.8) is 0 Å². The minimum atomic E-state index is -3.94. The Morgan fingerprint density at radius 1 is 1.26 bits per heavy atom. The summed E-state index contributed by atoms with van der Waals surface area (Å²) >= 11 is 0. The number of hydrogen-bond acceptors (Lipinski definition) is 6. The number of ether oxygens (including phenoxy) is 1. The monoisotopic (exact) mass is 452 g/mol. The molecule has 2 aromatic rings. The van der Waals surface area contributed by atoms with Gasteiger partial charge in [-0.1, -0.05) is 12.6 Å². The molecule has 2 fully saturated rings. The van der Waals surface area contributed by atoms with E-state index in [2.05, 4.69) is 21.6 Å². The number of benzene rings is 1. The fourth-order valence-corrected chi connectivity index (χ4v) is 5.67. The largest absolute Gasteiger partial charge is 0.416 e. The van der Waals surface area contributed by atoms with Gasteiger partial charge in [0.1, 0.15) is 0 Å². The van der Waals surface area contributed by atoms with Crippen molar-refractivity contribution in [3.05, 3.63) is 43.1 Å². The molecule has 1 aromatic carbocycles. The number of pyridine rings is 1. The number of hydrogen-bond donors (Lipinski definition) is 1. The number of piperazine rings is 1.